The summed E-state index contributed by atoms with van der Waals surface area (Å²) in [6.07, 6.45) is 0.250. The molecule has 0 amide bonds. The van der Waals surface area contributed by atoms with E-state index in [4.69, 9.17) is 16.3 Å². The van der Waals surface area contributed by atoms with Gasteiger partial charge in [0.25, 0.3) is 0 Å². The van der Waals surface area contributed by atoms with Crippen molar-refractivity contribution in [3.63, 3.8) is 0 Å². The summed E-state index contributed by atoms with van der Waals surface area (Å²) in [6, 6.07) is 10.6. The maximum absolute atomic E-state index is 13.0. The molecule has 9 heteroatoms. The summed E-state index contributed by atoms with van der Waals surface area (Å²) in [7, 11) is -7.42. The number of benzene rings is 2. The first-order valence-corrected chi connectivity index (χ1v) is 12.3. The summed E-state index contributed by atoms with van der Waals surface area (Å²) in [5.41, 5.74) is 0.715. The molecule has 1 fully saturated rings. The van der Waals surface area contributed by atoms with E-state index in [0.29, 0.717) is 22.9 Å². The Bertz CT molecular complexity index is 1070. The van der Waals surface area contributed by atoms with Crippen molar-refractivity contribution in [2.75, 3.05) is 19.7 Å². The molecule has 1 aliphatic rings. The van der Waals surface area contributed by atoms with Crippen molar-refractivity contribution in [2.24, 2.45) is 0 Å². The lowest BCUT2D eigenvalue weighted by Crippen LogP contribution is -2.32. The topological polar surface area (TPSA) is 80.8 Å². The van der Waals surface area contributed by atoms with Gasteiger partial charge in [0.05, 0.1) is 21.6 Å². The van der Waals surface area contributed by atoms with Gasteiger partial charge in [-0.05, 0) is 68.3 Å². The number of sulfonamides is 1. The fourth-order valence-corrected chi connectivity index (χ4v) is 6.73. The lowest BCUT2D eigenvalue weighted by Gasteiger charge is -2.18. The van der Waals surface area contributed by atoms with E-state index >= 15 is 0 Å². The van der Waals surface area contributed by atoms with Crippen LogP contribution >= 0.6 is 11.6 Å². The molecule has 0 aliphatic carbocycles. The fraction of sp³-hybridized carbons (Fsp3) is 0.368. The molecular formula is C19H22ClNO5S2. The SMILES string of the molecule is CCOc1ccc(S(=O)(=O)N2CCC(S(=O)(=O)c3ccc(Cl)cc3)C2)cc1C. The van der Waals surface area contributed by atoms with Gasteiger partial charge in [-0.2, -0.15) is 4.31 Å². The molecular weight excluding hydrogens is 422 g/mol. The maximum atomic E-state index is 13.0. The van der Waals surface area contributed by atoms with Gasteiger partial charge in [-0.15, -0.1) is 0 Å². The zero-order chi connectivity index (χ0) is 20.5. The van der Waals surface area contributed by atoms with Crippen LogP contribution < -0.4 is 4.74 Å². The molecule has 1 heterocycles. The van der Waals surface area contributed by atoms with Crippen LogP contribution in [0.15, 0.2) is 52.3 Å². The Labute approximate surface area is 171 Å². The monoisotopic (exact) mass is 443 g/mol. The van der Waals surface area contributed by atoms with E-state index in [0.717, 1.165) is 0 Å². The van der Waals surface area contributed by atoms with Crippen LogP contribution in [0.2, 0.25) is 5.02 Å². The van der Waals surface area contributed by atoms with Gasteiger partial charge < -0.3 is 4.74 Å². The lowest BCUT2D eigenvalue weighted by atomic mass is 10.2. The highest BCUT2D eigenvalue weighted by molar-refractivity contribution is 7.92. The van der Waals surface area contributed by atoms with E-state index in [-0.39, 0.29) is 29.3 Å². The third-order valence-corrected chi connectivity index (χ3v) is 9.08. The van der Waals surface area contributed by atoms with Gasteiger partial charge in [-0.3, -0.25) is 0 Å². The number of aryl methyl sites for hydroxylation is 1. The van der Waals surface area contributed by atoms with Crippen LogP contribution in [0.5, 0.6) is 5.75 Å². The van der Waals surface area contributed by atoms with E-state index in [1.54, 1.807) is 19.1 Å². The average molecular weight is 444 g/mol. The van der Waals surface area contributed by atoms with E-state index in [2.05, 4.69) is 0 Å². The molecule has 0 saturated carbocycles. The van der Waals surface area contributed by atoms with E-state index in [1.807, 2.05) is 6.92 Å². The molecule has 3 rings (SSSR count). The minimum atomic E-state index is -3.78. The van der Waals surface area contributed by atoms with Crippen molar-refractivity contribution in [1.29, 1.82) is 0 Å². The first-order chi connectivity index (χ1) is 13.2. The molecule has 2 aromatic rings. The second kappa shape index (κ2) is 8.02. The van der Waals surface area contributed by atoms with Gasteiger partial charge in [0.2, 0.25) is 10.0 Å². The second-order valence-electron chi connectivity index (χ2n) is 6.63. The van der Waals surface area contributed by atoms with Crippen LogP contribution in [0.1, 0.15) is 18.9 Å². The molecule has 0 N–H and O–H groups in total. The third kappa shape index (κ3) is 4.05. The fourth-order valence-electron chi connectivity index (χ4n) is 3.23. The third-order valence-electron chi connectivity index (χ3n) is 4.77. The quantitative estimate of drug-likeness (QED) is 0.684. The predicted molar refractivity (Wildman–Crippen MR) is 108 cm³/mol. The van der Waals surface area contributed by atoms with Crippen LogP contribution in [-0.4, -0.2) is 46.1 Å². The standard InChI is InChI=1S/C19H22ClNO5S2/c1-3-26-19-9-8-17(12-14(19)2)28(24,25)21-11-10-18(13-21)27(22,23)16-6-4-15(20)5-7-16/h4-9,12,18H,3,10-11,13H2,1-2H3. The van der Waals surface area contributed by atoms with Gasteiger partial charge in [0, 0.05) is 18.1 Å². The number of nitrogens with zero attached hydrogens (tertiary/aromatic N) is 1. The minimum Gasteiger partial charge on any atom is -0.494 e. The number of halogens is 1. The Hall–Kier alpha value is -1.61. The largest absolute Gasteiger partial charge is 0.494 e. The molecule has 2 aromatic carbocycles. The number of rotatable bonds is 6. The van der Waals surface area contributed by atoms with Crippen LogP contribution in [0.3, 0.4) is 0 Å². The number of ether oxygens (including phenoxy) is 1. The molecule has 28 heavy (non-hydrogen) atoms. The highest BCUT2D eigenvalue weighted by Crippen LogP contribution is 2.30. The molecule has 1 atom stereocenters. The smallest absolute Gasteiger partial charge is 0.243 e. The molecule has 0 aromatic heterocycles. The molecule has 0 radical (unpaired) electrons. The normalized spacial score (nSPS) is 18.3. The first kappa shape index (κ1) is 21.1. The van der Waals surface area contributed by atoms with Crippen LogP contribution in [0, 0.1) is 6.92 Å². The highest BCUT2D eigenvalue weighted by atomic mass is 35.5. The van der Waals surface area contributed by atoms with Crippen LogP contribution in [-0.2, 0) is 19.9 Å². The first-order valence-electron chi connectivity index (χ1n) is 8.89. The van der Waals surface area contributed by atoms with Gasteiger partial charge in [-0.1, -0.05) is 11.6 Å². The summed E-state index contributed by atoms with van der Waals surface area (Å²) in [6.45, 7) is 4.21. The van der Waals surface area contributed by atoms with Crippen molar-refractivity contribution in [3.8, 4) is 5.75 Å². The van der Waals surface area contributed by atoms with E-state index < -0.39 is 25.1 Å². The summed E-state index contributed by atoms with van der Waals surface area (Å²) in [4.78, 5) is 0.288. The van der Waals surface area contributed by atoms with Gasteiger partial charge >= 0.3 is 0 Å². The summed E-state index contributed by atoms with van der Waals surface area (Å²) < 4.78 is 58.3. The number of hydrogen-bond donors (Lipinski definition) is 0. The average Bonchev–Trinajstić information content (AvgIpc) is 3.16. The van der Waals surface area contributed by atoms with Crippen LogP contribution in [0.4, 0.5) is 0 Å². The summed E-state index contributed by atoms with van der Waals surface area (Å²) >= 11 is 5.82. The predicted octanol–water partition coefficient (Wildman–Crippen LogP) is 3.28. The Morgan fingerprint density at radius 1 is 1.07 bits per heavy atom. The van der Waals surface area contributed by atoms with E-state index in [1.165, 1.54) is 34.6 Å². The molecule has 1 aliphatic heterocycles. The zero-order valence-electron chi connectivity index (χ0n) is 15.6. The molecule has 1 unspecified atom stereocenters. The lowest BCUT2D eigenvalue weighted by molar-refractivity contribution is 0.337. The van der Waals surface area contributed by atoms with Gasteiger partial charge in [0.15, 0.2) is 9.84 Å². The summed E-state index contributed by atoms with van der Waals surface area (Å²) in [5, 5.41) is -0.340. The minimum absolute atomic E-state index is 0.0699. The number of sulfone groups is 1. The molecule has 1 saturated heterocycles. The van der Waals surface area contributed by atoms with Gasteiger partial charge in [-0.25, -0.2) is 16.8 Å². The van der Waals surface area contributed by atoms with Gasteiger partial charge in [0.1, 0.15) is 5.75 Å². The molecule has 0 spiro atoms. The Morgan fingerprint density at radius 3 is 2.32 bits per heavy atom. The van der Waals surface area contributed by atoms with E-state index in [9.17, 15) is 16.8 Å². The van der Waals surface area contributed by atoms with Crippen LogP contribution in [0.25, 0.3) is 0 Å². The Morgan fingerprint density at radius 2 is 1.71 bits per heavy atom. The van der Waals surface area contributed by atoms with Crippen molar-refractivity contribution < 1.29 is 21.6 Å². The molecule has 6 nitrogen and oxygen atoms in total. The number of hydrogen-bond acceptors (Lipinski definition) is 5. The van der Waals surface area contributed by atoms with Crippen molar-refractivity contribution >= 4 is 31.5 Å². The van der Waals surface area contributed by atoms with Crippen molar-refractivity contribution in [2.45, 2.75) is 35.3 Å². The Kier molecular flexibility index (Phi) is 6.05. The highest BCUT2D eigenvalue weighted by Gasteiger charge is 2.39. The maximum Gasteiger partial charge on any atom is 0.243 e. The van der Waals surface area contributed by atoms with Crippen molar-refractivity contribution in [3.05, 3.63) is 53.1 Å². The zero-order valence-corrected chi connectivity index (χ0v) is 18.0. The van der Waals surface area contributed by atoms with Crippen molar-refractivity contribution in [1.82, 2.24) is 4.31 Å². The summed E-state index contributed by atoms with van der Waals surface area (Å²) in [5.74, 6) is 0.631. The molecule has 0 bridgehead atoms. The second-order valence-corrected chi connectivity index (χ2v) is 11.2. The Balaban J connectivity index is 1.82. The molecule has 152 valence electrons.